The van der Waals surface area contributed by atoms with Crippen LogP contribution >= 0.6 is 0 Å². The third-order valence-corrected chi connectivity index (χ3v) is 2.77. The van der Waals surface area contributed by atoms with Crippen LogP contribution in [-0.2, 0) is 0 Å². The fourth-order valence-corrected chi connectivity index (χ4v) is 1.81. The lowest BCUT2D eigenvalue weighted by Crippen LogP contribution is -2.16. The second kappa shape index (κ2) is 7.02. The van der Waals surface area contributed by atoms with Gasteiger partial charge in [-0.1, -0.05) is 36.4 Å². The average molecular weight is 308 g/mol. The Bertz CT molecular complexity index is 614. The summed E-state index contributed by atoms with van der Waals surface area (Å²) in [5.74, 6) is 0.569. The first-order chi connectivity index (χ1) is 10.5. The largest absolute Gasteiger partial charge is 0.573 e. The first kappa shape index (κ1) is 15.9. The zero-order valence-corrected chi connectivity index (χ0v) is 11.9. The Morgan fingerprint density at radius 1 is 0.818 bits per heavy atom. The molecule has 0 saturated carbocycles. The van der Waals surface area contributed by atoms with E-state index in [1.807, 2.05) is 43.3 Å². The molecule has 0 unspecified atom stereocenters. The monoisotopic (exact) mass is 308 g/mol. The molecular weight excluding hydrogens is 293 g/mol. The van der Waals surface area contributed by atoms with Crippen LogP contribution in [0.5, 0.6) is 11.5 Å². The van der Waals surface area contributed by atoms with Gasteiger partial charge in [-0.3, -0.25) is 0 Å². The Balaban J connectivity index is 2.00. The van der Waals surface area contributed by atoms with Crippen molar-refractivity contribution in [2.24, 2.45) is 0 Å². The van der Waals surface area contributed by atoms with E-state index in [9.17, 15) is 13.2 Å². The summed E-state index contributed by atoms with van der Waals surface area (Å²) in [6.07, 6.45) is -0.984. The maximum atomic E-state index is 12.1. The van der Waals surface area contributed by atoms with Gasteiger partial charge in [0.15, 0.2) is 0 Å². The van der Waals surface area contributed by atoms with Gasteiger partial charge in [-0.15, -0.1) is 13.2 Å². The zero-order valence-electron chi connectivity index (χ0n) is 11.9. The number of halogens is 3. The van der Waals surface area contributed by atoms with Crippen LogP contribution in [0.1, 0.15) is 18.1 Å². The number of rotatable bonds is 5. The Labute approximate surface area is 126 Å². The van der Waals surface area contributed by atoms with Crippen molar-refractivity contribution in [3.8, 4) is 11.5 Å². The summed E-state index contributed by atoms with van der Waals surface area (Å²) in [7, 11) is 0. The Hall–Kier alpha value is -2.43. The fourth-order valence-electron chi connectivity index (χ4n) is 1.81. The SMILES string of the molecule is CCOc1ccc(/C=C/c2ccc(OC(F)(F)F)cc2)cc1. The molecule has 0 bridgehead atoms. The number of ether oxygens (including phenoxy) is 2. The molecule has 0 heterocycles. The molecule has 0 aliphatic rings. The molecule has 2 nitrogen and oxygen atoms in total. The number of hydrogen-bond acceptors (Lipinski definition) is 2. The van der Waals surface area contributed by atoms with Gasteiger partial charge in [0, 0.05) is 0 Å². The Morgan fingerprint density at radius 2 is 1.27 bits per heavy atom. The lowest BCUT2D eigenvalue weighted by Gasteiger charge is -2.08. The molecule has 2 aromatic rings. The quantitative estimate of drug-likeness (QED) is 0.711. The molecule has 0 aliphatic heterocycles. The summed E-state index contributed by atoms with van der Waals surface area (Å²) < 4.78 is 45.3. The maximum absolute atomic E-state index is 12.1. The van der Waals surface area contributed by atoms with Gasteiger partial charge in [-0.25, -0.2) is 0 Å². The van der Waals surface area contributed by atoms with Crippen LogP contribution in [0.4, 0.5) is 13.2 Å². The van der Waals surface area contributed by atoms with Gasteiger partial charge < -0.3 is 9.47 Å². The van der Waals surface area contributed by atoms with Crippen molar-refractivity contribution in [3.05, 3.63) is 59.7 Å². The predicted molar refractivity (Wildman–Crippen MR) is 79.7 cm³/mol. The molecule has 2 rings (SSSR count). The lowest BCUT2D eigenvalue weighted by atomic mass is 10.1. The van der Waals surface area contributed by atoms with Crippen molar-refractivity contribution >= 4 is 12.2 Å². The van der Waals surface area contributed by atoms with E-state index < -0.39 is 6.36 Å². The summed E-state index contributed by atoms with van der Waals surface area (Å²) in [6, 6.07) is 13.2. The number of benzene rings is 2. The molecular formula is C17H15F3O2. The standard InChI is InChI=1S/C17H15F3O2/c1-2-21-15-9-5-13(6-10-15)3-4-14-7-11-16(12-8-14)22-17(18,19)20/h3-12H,2H2,1H3/b4-3+. The highest BCUT2D eigenvalue weighted by Crippen LogP contribution is 2.23. The van der Waals surface area contributed by atoms with Gasteiger partial charge in [0.25, 0.3) is 0 Å². The Morgan fingerprint density at radius 3 is 1.68 bits per heavy atom. The van der Waals surface area contributed by atoms with E-state index in [0.717, 1.165) is 16.9 Å². The van der Waals surface area contributed by atoms with Crippen LogP contribution in [0.25, 0.3) is 12.2 Å². The molecule has 2 aromatic carbocycles. The van der Waals surface area contributed by atoms with Gasteiger partial charge >= 0.3 is 6.36 Å². The van der Waals surface area contributed by atoms with Crippen LogP contribution < -0.4 is 9.47 Å². The van der Waals surface area contributed by atoms with E-state index in [-0.39, 0.29) is 5.75 Å². The molecule has 0 aliphatic carbocycles. The normalized spacial score (nSPS) is 11.6. The van der Waals surface area contributed by atoms with E-state index in [1.54, 1.807) is 12.1 Å². The molecule has 0 aromatic heterocycles. The minimum atomic E-state index is -4.67. The number of hydrogen-bond donors (Lipinski definition) is 0. The fraction of sp³-hybridized carbons (Fsp3) is 0.176. The molecule has 0 saturated heterocycles. The highest BCUT2D eigenvalue weighted by atomic mass is 19.4. The summed E-state index contributed by atoms with van der Waals surface area (Å²) >= 11 is 0. The third kappa shape index (κ3) is 5.16. The van der Waals surface area contributed by atoms with Crippen LogP contribution in [-0.4, -0.2) is 13.0 Å². The van der Waals surface area contributed by atoms with Crippen LogP contribution in [0.15, 0.2) is 48.5 Å². The van der Waals surface area contributed by atoms with Crippen molar-refractivity contribution in [3.63, 3.8) is 0 Å². The second-order valence-corrected chi connectivity index (χ2v) is 4.45. The van der Waals surface area contributed by atoms with E-state index >= 15 is 0 Å². The highest BCUT2D eigenvalue weighted by molar-refractivity contribution is 5.70. The number of alkyl halides is 3. The van der Waals surface area contributed by atoms with Crippen molar-refractivity contribution in [2.45, 2.75) is 13.3 Å². The molecule has 0 fully saturated rings. The van der Waals surface area contributed by atoms with Crippen LogP contribution in [0.2, 0.25) is 0 Å². The predicted octanol–water partition coefficient (Wildman–Crippen LogP) is 5.15. The van der Waals surface area contributed by atoms with Crippen molar-refractivity contribution in [1.29, 1.82) is 0 Å². The smallest absolute Gasteiger partial charge is 0.494 e. The molecule has 22 heavy (non-hydrogen) atoms. The third-order valence-electron chi connectivity index (χ3n) is 2.77. The van der Waals surface area contributed by atoms with Crippen molar-refractivity contribution in [1.82, 2.24) is 0 Å². The van der Waals surface area contributed by atoms with Crippen molar-refractivity contribution < 1.29 is 22.6 Å². The molecule has 0 atom stereocenters. The highest BCUT2D eigenvalue weighted by Gasteiger charge is 2.30. The summed E-state index contributed by atoms with van der Waals surface area (Å²) in [5, 5.41) is 0. The van der Waals surface area contributed by atoms with Gasteiger partial charge in [0.05, 0.1) is 6.61 Å². The van der Waals surface area contributed by atoms with Gasteiger partial charge in [0.2, 0.25) is 0 Å². The van der Waals surface area contributed by atoms with E-state index in [4.69, 9.17) is 4.74 Å². The molecule has 0 amide bonds. The summed E-state index contributed by atoms with van der Waals surface area (Å²) in [6.45, 7) is 2.53. The zero-order chi connectivity index (χ0) is 16.0. The first-order valence-electron chi connectivity index (χ1n) is 6.73. The first-order valence-corrected chi connectivity index (χ1v) is 6.73. The molecule has 116 valence electrons. The summed E-state index contributed by atoms with van der Waals surface area (Å²) in [5.41, 5.74) is 1.75. The topological polar surface area (TPSA) is 18.5 Å². The average Bonchev–Trinajstić information content (AvgIpc) is 2.47. The maximum Gasteiger partial charge on any atom is 0.573 e. The second-order valence-electron chi connectivity index (χ2n) is 4.45. The molecule has 5 heteroatoms. The van der Waals surface area contributed by atoms with E-state index in [2.05, 4.69) is 4.74 Å². The van der Waals surface area contributed by atoms with Gasteiger partial charge in [-0.2, -0.15) is 0 Å². The molecule has 0 spiro atoms. The molecule has 0 N–H and O–H groups in total. The Kier molecular flexibility index (Phi) is 5.09. The lowest BCUT2D eigenvalue weighted by molar-refractivity contribution is -0.274. The van der Waals surface area contributed by atoms with Crippen molar-refractivity contribution in [2.75, 3.05) is 6.61 Å². The van der Waals surface area contributed by atoms with E-state index in [0.29, 0.717) is 6.61 Å². The van der Waals surface area contributed by atoms with Crippen LogP contribution in [0, 0.1) is 0 Å². The minimum Gasteiger partial charge on any atom is -0.494 e. The summed E-state index contributed by atoms with van der Waals surface area (Å²) in [4.78, 5) is 0. The molecule has 0 radical (unpaired) electrons. The van der Waals surface area contributed by atoms with Crippen LogP contribution in [0.3, 0.4) is 0 Å². The minimum absolute atomic E-state index is 0.231. The van der Waals surface area contributed by atoms with E-state index in [1.165, 1.54) is 12.1 Å². The van der Waals surface area contributed by atoms with Gasteiger partial charge in [-0.05, 0) is 42.3 Å². The van der Waals surface area contributed by atoms with Gasteiger partial charge in [0.1, 0.15) is 11.5 Å².